The molecule has 298 valence electrons. The molecule has 4 amide bonds. The molecule has 4 aromatic rings. The second kappa shape index (κ2) is 17.4. The summed E-state index contributed by atoms with van der Waals surface area (Å²) in [5, 5.41) is 14.3. The largest absolute Gasteiger partial charge is 0.465 e. The lowest BCUT2D eigenvalue weighted by Gasteiger charge is -2.30. The lowest BCUT2D eigenvalue weighted by molar-refractivity contribution is -0.138. The van der Waals surface area contributed by atoms with Crippen LogP contribution in [0.5, 0.6) is 0 Å². The maximum absolute atomic E-state index is 13.7. The van der Waals surface area contributed by atoms with Crippen LogP contribution < -0.4 is 10.6 Å². The third kappa shape index (κ3) is 8.40. The Hall–Kier alpha value is -5.74. The fraction of sp³-hybridized carbons (Fsp3) is 0.450. The fourth-order valence-electron chi connectivity index (χ4n) is 7.58. The van der Waals surface area contributed by atoms with Gasteiger partial charge in [-0.25, -0.2) is 19.6 Å². The molecular weight excluding hydrogens is 720 g/mol. The molecule has 2 aliphatic heterocycles. The number of carboxylic acid groups (broad SMARTS) is 1. The minimum absolute atomic E-state index is 0.253. The van der Waals surface area contributed by atoms with E-state index in [9.17, 15) is 24.3 Å². The van der Waals surface area contributed by atoms with Gasteiger partial charge in [0.15, 0.2) is 0 Å². The second-order valence-electron chi connectivity index (χ2n) is 14.2. The molecule has 2 aromatic carbocycles. The molecule has 0 aliphatic carbocycles. The van der Waals surface area contributed by atoms with Crippen LogP contribution in [0, 0.1) is 6.92 Å². The highest BCUT2D eigenvalue weighted by Gasteiger charge is 2.40. The number of rotatable bonds is 13. The molecule has 16 heteroatoms. The molecular formula is C40H50N8O8. The van der Waals surface area contributed by atoms with E-state index in [0.717, 1.165) is 58.6 Å². The highest BCUT2D eigenvalue weighted by Crippen LogP contribution is 2.35. The zero-order valence-corrected chi connectivity index (χ0v) is 32.5. The van der Waals surface area contributed by atoms with E-state index in [-0.39, 0.29) is 23.9 Å². The van der Waals surface area contributed by atoms with Gasteiger partial charge in [-0.2, -0.15) is 0 Å². The lowest BCUT2D eigenvalue weighted by atomic mass is 10.0. The molecule has 4 heterocycles. The van der Waals surface area contributed by atoms with E-state index >= 15 is 0 Å². The maximum atomic E-state index is 13.7. The Balaban J connectivity index is 1.13. The van der Waals surface area contributed by atoms with Gasteiger partial charge in [-0.05, 0) is 63.1 Å². The minimum atomic E-state index is -1.28. The summed E-state index contributed by atoms with van der Waals surface area (Å²) in [7, 11) is 4.19. The van der Waals surface area contributed by atoms with Gasteiger partial charge in [0.1, 0.15) is 23.7 Å². The van der Waals surface area contributed by atoms with Crippen molar-refractivity contribution in [1.82, 2.24) is 40.4 Å². The summed E-state index contributed by atoms with van der Waals surface area (Å²) in [6.45, 7) is 6.36. The highest BCUT2D eigenvalue weighted by molar-refractivity contribution is 5.87. The van der Waals surface area contributed by atoms with Gasteiger partial charge in [0.05, 0.1) is 48.5 Å². The molecule has 1 unspecified atom stereocenters. The van der Waals surface area contributed by atoms with Crippen LogP contribution in [0.15, 0.2) is 54.7 Å². The molecule has 2 aliphatic rings. The molecule has 0 bridgehead atoms. The summed E-state index contributed by atoms with van der Waals surface area (Å²) in [6, 6.07) is 13.8. The van der Waals surface area contributed by atoms with E-state index in [1.165, 1.54) is 21.3 Å². The van der Waals surface area contributed by atoms with Crippen molar-refractivity contribution in [2.24, 2.45) is 0 Å². The number of carbonyl (C=O) groups is 4. The number of alkyl carbamates (subject to hydrolysis) is 1. The van der Waals surface area contributed by atoms with Gasteiger partial charge < -0.3 is 49.7 Å². The van der Waals surface area contributed by atoms with E-state index in [2.05, 4.69) is 32.7 Å². The molecule has 2 saturated heterocycles. The number of carbonyl (C=O) groups excluding carboxylic acids is 3. The zero-order valence-electron chi connectivity index (χ0n) is 32.5. The third-order valence-corrected chi connectivity index (χ3v) is 10.8. The number of nitrogens with zero attached hydrogens (tertiary/aromatic N) is 4. The molecule has 0 spiro atoms. The first-order valence-electron chi connectivity index (χ1n) is 18.8. The number of ether oxygens (including phenoxy) is 3. The standard InChI is InChI=1S/C40H50N8O8/c1-22-32(44-36(42-22)31-10-8-20-48(31)38(50)34(24(3)55-5)46-40(53)56-6)28-17-13-26(14-18-28)25-11-15-27(16-12-25)29-21-41-35(43-29)30-9-7-19-47(30)37(49)33(23(2)54-4)45-39(51)52/h11-18,21,23-24,30-31,33-34,45H,7-10,19-20H2,1-6H3,(H,41,43)(H,42,44)(H,46,53)(H,51,52)/t23-,24?,30+,31+,33+,34+/m1/s1. The number of imidazole rings is 2. The molecule has 5 N–H and O–H groups in total. The van der Waals surface area contributed by atoms with Crippen molar-refractivity contribution in [3.05, 3.63) is 72.1 Å². The molecule has 2 aromatic heterocycles. The average molecular weight is 771 g/mol. The first-order chi connectivity index (χ1) is 26.9. The molecule has 16 nitrogen and oxygen atoms in total. The Labute approximate surface area is 325 Å². The molecule has 6 atom stereocenters. The van der Waals surface area contributed by atoms with Crippen molar-refractivity contribution in [3.8, 4) is 33.6 Å². The summed E-state index contributed by atoms with van der Waals surface area (Å²) in [5.74, 6) is 0.746. The lowest BCUT2D eigenvalue weighted by Crippen LogP contribution is -2.54. The van der Waals surface area contributed by atoms with Crippen LogP contribution in [0.1, 0.15) is 69.0 Å². The monoisotopic (exact) mass is 770 g/mol. The van der Waals surface area contributed by atoms with Crippen LogP contribution in [-0.2, 0) is 23.8 Å². The van der Waals surface area contributed by atoms with Crippen LogP contribution in [0.25, 0.3) is 33.6 Å². The molecule has 56 heavy (non-hydrogen) atoms. The molecule has 0 radical (unpaired) electrons. The van der Waals surface area contributed by atoms with Crippen molar-refractivity contribution < 1.29 is 38.5 Å². The van der Waals surface area contributed by atoms with Crippen LogP contribution in [-0.4, -0.2) is 118 Å². The number of aromatic amines is 2. The predicted octanol–water partition coefficient (Wildman–Crippen LogP) is 5.20. The quantitative estimate of drug-likeness (QED) is 0.120. The van der Waals surface area contributed by atoms with Gasteiger partial charge in [-0.3, -0.25) is 9.59 Å². The van der Waals surface area contributed by atoms with Gasteiger partial charge in [0.2, 0.25) is 11.8 Å². The number of H-pyrrole nitrogens is 2. The first kappa shape index (κ1) is 39.9. The number of methoxy groups -OCH3 is 3. The summed E-state index contributed by atoms with van der Waals surface area (Å²) >= 11 is 0. The van der Waals surface area contributed by atoms with E-state index in [4.69, 9.17) is 24.2 Å². The fourth-order valence-corrected chi connectivity index (χ4v) is 7.58. The van der Waals surface area contributed by atoms with Gasteiger partial charge in [0, 0.05) is 39.1 Å². The molecule has 2 fully saturated rings. The van der Waals surface area contributed by atoms with Crippen molar-refractivity contribution in [2.45, 2.75) is 82.8 Å². The molecule has 0 saturated carbocycles. The van der Waals surface area contributed by atoms with E-state index in [1.807, 2.05) is 49.5 Å². The predicted molar refractivity (Wildman–Crippen MR) is 206 cm³/mol. The van der Waals surface area contributed by atoms with Crippen LogP contribution >= 0.6 is 0 Å². The third-order valence-electron chi connectivity index (χ3n) is 10.8. The number of amides is 4. The summed E-state index contributed by atoms with van der Waals surface area (Å²) in [4.78, 5) is 70.4. The van der Waals surface area contributed by atoms with Crippen molar-refractivity contribution in [3.63, 3.8) is 0 Å². The Bertz CT molecular complexity index is 2010. The first-order valence-corrected chi connectivity index (χ1v) is 18.8. The minimum Gasteiger partial charge on any atom is -0.465 e. The van der Waals surface area contributed by atoms with E-state index < -0.39 is 36.5 Å². The normalized spacial score (nSPS) is 19.0. The van der Waals surface area contributed by atoms with E-state index in [0.29, 0.717) is 31.2 Å². The molecule has 6 rings (SSSR count). The van der Waals surface area contributed by atoms with E-state index in [1.54, 1.807) is 23.6 Å². The Morgan fingerprint density at radius 2 is 1.25 bits per heavy atom. The van der Waals surface area contributed by atoms with Crippen LogP contribution in [0.2, 0.25) is 0 Å². The van der Waals surface area contributed by atoms with Crippen molar-refractivity contribution in [2.75, 3.05) is 34.4 Å². The summed E-state index contributed by atoms with van der Waals surface area (Å²) < 4.78 is 15.5. The van der Waals surface area contributed by atoms with Gasteiger partial charge in [0.25, 0.3) is 0 Å². The average Bonchev–Trinajstić information content (AvgIpc) is 4.05. The Kier molecular flexibility index (Phi) is 12.4. The number of hydrogen-bond donors (Lipinski definition) is 5. The van der Waals surface area contributed by atoms with Gasteiger partial charge in [-0.1, -0.05) is 48.5 Å². The number of hydrogen-bond acceptors (Lipinski definition) is 9. The summed E-state index contributed by atoms with van der Waals surface area (Å²) in [5.41, 5.74) is 6.34. The van der Waals surface area contributed by atoms with Gasteiger partial charge in [-0.15, -0.1) is 0 Å². The van der Waals surface area contributed by atoms with Crippen molar-refractivity contribution in [1.29, 1.82) is 0 Å². The van der Waals surface area contributed by atoms with Crippen LogP contribution in [0.3, 0.4) is 0 Å². The summed E-state index contributed by atoms with van der Waals surface area (Å²) in [6.07, 6.45) is 1.65. The zero-order chi connectivity index (χ0) is 40.1. The number of nitrogens with one attached hydrogen (secondary N) is 4. The maximum Gasteiger partial charge on any atom is 0.407 e. The smallest absolute Gasteiger partial charge is 0.407 e. The topological polar surface area (TPSA) is 204 Å². The van der Waals surface area contributed by atoms with Gasteiger partial charge >= 0.3 is 12.2 Å². The van der Waals surface area contributed by atoms with Crippen molar-refractivity contribution >= 4 is 24.0 Å². The SMILES string of the molecule is COC(=O)N[C@H](C(=O)N1CCC[C@H]1c1nc(C)c(-c2ccc(-c3ccc(-c4c[nH]c([C@@H]5CCCN5C(=O)[C@@H](NC(=O)O)[C@@H](C)OC)n4)cc3)cc2)[nH]1)C(C)OC. The Morgan fingerprint density at radius 3 is 1.77 bits per heavy atom. The number of aryl methyl sites for hydroxylation is 1. The number of aromatic nitrogens is 4. The Morgan fingerprint density at radius 1 is 0.750 bits per heavy atom. The van der Waals surface area contributed by atoms with Crippen LogP contribution in [0.4, 0.5) is 9.59 Å². The second-order valence-corrected chi connectivity index (χ2v) is 14.2. The number of likely N-dealkylation sites (tertiary alicyclic amines) is 2. The highest BCUT2D eigenvalue weighted by atomic mass is 16.5. The number of benzene rings is 2.